The first-order chi connectivity index (χ1) is 31.5. The number of amides is 4. The van der Waals surface area contributed by atoms with E-state index in [0.29, 0.717) is 50.5 Å². The monoisotopic (exact) mass is 949 g/mol. The molecule has 4 aromatic rings. The number of ether oxygens (including phenoxy) is 3. The molecule has 3 heterocycles. The zero-order valence-corrected chi connectivity index (χ0v) is 38.2. The molecular formula is C46H50F3N7O8S2. The SMILES string of the molecule is Cc1ncsc1-c1ccc(CNC(=O)[C@@H]2C[C@@H](O)CN2C(=O)CNC(=O)COCCCOCCCCOc2ccc(N3C(=S)N(c4ccc(C#N)c(C(F)(F)F)c4)C(=O)C3(C)C)cc2)cc1. The van der Waals surface area contributed by atoms with Crippen molar-refractivity contribution in [1.29, 1.82) is 5.26 Å². The number of alkyl halides is 3. The van der Waals surface area contributed by atoms with Crippen molar-refractivity contribution in [3.63, 3.8) is 0 Å². The molecule has 4 amide bonds. The molecule has 20 heteroatoms. The van der Waals surface area contributed by atoms with Crippen molar-refractivity contribution in [3.05, 3.63) is 94.6 Å². The zero-order valence-electron chi connectivity index (χ0n) is 36.6. The summed E-state index contributed by atoms with van der Waals surface area (Å²) in [5, 5.41) is 24.8. The van der Waals surface area contributed by atoms with E-state index < -0.39 is 52.7 Å². The topological polar surface area (TPSA) is 187 Å². The summed E-state index contributed by atoms with van der Waals surface area (Å²) in [5.41, 5.74) is 2.18. The van der Waals surface area contributed by atoms with E-state index >= 15 is 0 Å². The van der Waals surface area contributed by atoms with E-state index in [9.17, 15) is 42.7 Å². The van der Waals surface area contributed by atoms with Crippen LogP contribution in [0.25, 0.3) is 10.4 Å². The number of halogens is 3. The Balaban J connectivity index is 0.818. The van der Waals surface area contributed by atoms with Crippen LogP contribution in [-0.2, 0) is 41.4 Å². The highest BCUT2D eigenvalue weighted by Gasteiger charge is 2.51. The van der Waals surface area contributed by atoms with E-state index in [2.05, 4.69) is 15.6 Å². The number of thiazole rings is 1. The number of rotatable bonds is 20. The summed E-state index contributed by atoms with van der Waals surface area (Å²) in [7, 11) is 0. The smallest absolute Gasteiger partial charge is 0.417 e. The van der Waals surface area contributed by atoms with Crippen molar-refractivity contribution in [2.24, 2.45) is 0 Å². The van der Waals surface area contributed by atoms with Gasteiger partial charge in [0.05, 0.1) is 58.2 Å². The van der Waals surface area contributed by atoms with Gasteiger partial charge in [0.15, 0.2) is 5.11 Å². The Morgan fingerprint density at radius 3 is 2.33 bits per heavy atom. The lowest BCUT2D eigenvalue weighted by molar-refractivity contribution is -0.139. The van der Waals surface area contributed by atoms with E-state index in [1.165, 1.54) is 17.0 Å². The second kappa shape index (κ2) is 22.0. The summed E-state index contributed by atoms with van der Waals surface area (Å²) in [6, 6.07) is 18.3. The number of nitrogens with zero attached hydrogens (tertiary/aromatic N) is 5. The van der Waals surface area contributed by atoms with Crippen LogP contribution in [0.15, 0.2) is 72.2 Å². The number of likely N-dealkylation sites (tertiary alicyclic amines) is 1. The highest BCUT2D eigenvalue weighted by atomic mass is 32.1. The number of aliphatic hydroxyl groups is 1. The van der Waals surface area contributed by atoms with Gasteiger partial charge in [-0.25, -0.2) is 4.98 Å². The summed E-state index contributed by atoms with van der Waals surface area (Å²) in [6.07, 6.45) is -3.61. The number of carbonyl (C=O) groups excluding carboxylic acids is 4. The number of benzene rings is 3. The number of aliphatic hydroxyl groups excluding tert-OH is 1. The number of anilines is 2. The van der Waals surface area contributed by atoms with Crippen molar-refractivity contribution in [3.8, 4) is 22.3 Å². The van der Waals surface area contributed by atoms with Crippen molar-refractivity contribution in [2.45, 2.75) is 76.9 Å². The molecule has 2 aliphatic heterocycles. The average molecular weight is 950 g/mol. The lowest BCUT2D eigenvalue weighted by Gasteiger charge is -2.29. The van der Waals surface area contributed by atoms with Gasteiger partial charge >= 0.3 is 6.18 Å². The molecule has 0 radical (unpaired) electrons. The largest absolute Gasteiger partial charge is 0.494 e. The first kappa shape index (κ1) is 49.5. The Morgan fingerprint density at radius 2 is 1.65 bits per heavy atom. The van der Waals surface area contributed by atoms with Gasteiger partial charge in [-0.2, -0.15) is 18.4 Å². The molecule has 3 N–H and O–H groups in total. The van der Waals surface area contributed by atoms with Crippen LogP contribution in [0.2, 0.25) is 0 Å². The Bertz CT molecular complexity index is 2430. The van der Waals surface area contributed by atoms with Gasteiger partial charge in [-0.1, -0.05) is 24.3 Å². The molecule has 6 rings (SSSR count). The first-order valence-corrected chi connectivity index (χ1v) is 22.5. The first-order valence-electron chi connectivity index (χ1n) is 21.2. The van der Waals surface area contributed by atoms with Crippen LogP contribution >= 0.6 is 23.6 Å². The van der Waals surface area contributed by atoms with Gasteiger partial charge in [-0.15, -0.1) is 11.3 Å². The molecule has 2 aliphatic rings. The molecule has 2 atom stereocenters. The van der Waals surface area contributed by atoms with Crippen LogP contribution in [0.1, 0.15) is 61.9 Å². The number of thiocarbonyl (C=S) groups is 1. The van der Waals surface area contributed by atoms with E-state index in [1.807, 2.05) is 31.2 Å². The van der Waals surface area contributed by atoms with Gasteiger partial charge in [0, 0.05) is 45.0 Å². The van der Waals surface area contributed by atoms with E-state index in [0.717, 1.165) is 38.7 Å². The third-order valence-electron chi connectivity index (χ3n) is 11.0. The fourth-order valence-corrected chi connectivity index (χ4v) is 8.84. The maximum Gasteiger partial charge on any atom is 0.417 e. The molecule has 0 aliphatic carbocycles. The molecule has 2 fully saturated rings. The van der Waals surface area contributed by atoms with Crippen molar-refractivity contribution >= 4 is 63.7 Å². The van der Waals surface area contributed by atoms with Crippen LogP contribution in [0, 0.1) is 18.3 Å². The van der Waals surface area contributed by atoms with Gasteiger partial charge in [0.1, 0.15) is 23.9 Å². The fraction of sp³-hybridized carbons (Fsp3) is 0.413. The maximum absolute atomic E-state index is 13.7. The third-order valence-corrected chi connectivity index (χ3v) is 12.3. The van der Waals surface area contributed by atoms with Crippen molar-refractivity contribution < 1.29 is 51.7 Å². The highest BCUT2D eigenvalue weighted by Crippen LogP contribution is 2.40. The molecule has 350 valence electrons. The quantitative estimate of drug-likeness (QED) is 0.0705. The van der Waals surface area contributed by atoms with Crippen LogP contribution in [0.3, 0.4) is 0 Å². The fourth-order valence-electron chi connectivity index (χ4n) is 7.50. The summed E-state index contributed by atoms with van der Waals surface area (Å²) < 4.78 is 58.0. The number of carbonyl (C=O) groups is 4. The molecule has 0 unspecified atom stereocenters. The number of hydrogen-bond donors (Lipinski definition) is 3. The zero-order chi connectivity index (χ0) is 47.6. The molecule has 3 aromatic carbocycles. The second-order valence-corrected chi connectivity index (χ2v) is 17.4. The molecule has 66 heavy (non-hydrogen) atoms. The van der Waals surface area contributed by atoms with Crippen molar-refractivity contribution in [1.82, 2.24) is 20.5 Å². The Morgan fingerprint density at radius 1 is 0.970 bits per heavy atom. The molecule has 0 saturated carbocycles. The van der Waals surface area contributed by atoms with Crippen molar-refractivity contribution in [2.75, 3.05) is 55.9 Å². The Hall–Kier alpha value is -5.98. The highest BCUT2D eigenvalue weighted by molar-refractivity contribution is 7.81. The predicted molar refractivity (Wildman–Crippen MR) is 243 cm³/mol. The Kier molecular flexibility index (Phi) is 16.5. The summed E-state index contributed by atoms with van der Waals surface area (Å²) in [5.74, 6) is -1.32. The van der Waals surface area contributed by atoms with Gasteiger partial charge in [-0.3, -0.25) is 24.1 Å². The minimum atomic E-state index is -4.80. The normalized spacial score (nSPS) is 17.0. The lowest BCUT2D eigenvalue weighted by Crippen LogP contribution is -2.49. The number of nitrogens with one attached hydrogen (secondary N) is 2. The van der Waals surface area contributed by atoms with E-state index in [1.54, 1.807) is 59.9 Å². The van der Waals surface area contributed by atoms with Crippen LogP contribution in [0.4, 0.5) is 24.5 Å². The summed E-state index contributed by atoms with van der Waals surface area (Å²) in [4.78, 5) is 61.1. The molecule has 0 bridgehead atoms. The van der Waals surface area contributed by atoms with Crippen LogP contribution in [-0.4, -0.2) is 108 Å². The van der Waals surface area contributed by atoms with Crippen LogP contribution < -0.4 is 25.2 Å². The third kappa shape index (κ3) is 12.1. The summed E-state index contributed by atoms with van der Waals surface area (Å²) >= 11 is 7.16. The maximum atomic E-state index is 13.7. The predicted octanol–water partition coefficient (Wildman–Crippen LogP) is 5.90. The Labute approximate surface area is 389 Å². The standard InChI is InChI=1S/C46H50F3N7O8S2/c1-29-41(66-28-53-29)31-9-7-30(8-10-31)24-52-42(60)38-22-35(57)26-54(38)40(59)25-51-39(58)27-63-19-6-18-62-17-4-5-20-64-36-15-13-33(14-16-36)56-44(65)55(43(61)45(56,2)3)34-12-11-32(23-50)37(21-34)46(47,48)49/h7-16,21,28,35,38,57H,4-6,17-20,22,24-27H2,1-3H3,(H,51,58)(H,52,60)/t35-,38+/m1/s1. The molecule has 2 saturated heterocycles. The molecule has 15 nitrogen and oxygen atoms in total. The molecule has 1 aromatic heterocycles. The molecule has 0 spiro atoms. The number of nitriles is 1. The number of hydrogen-bond acceptors (Lipinski definition) is 12. The van der Waals surface area contributed by atoms with Gasteiger partial charge in [0.2, 0.25) is 17.7 Å². The van der Waals surface area contributed by atoms with Gasteiger partial charge in [-0.05, 0) is 106 Å². The van der Waals surface area contributed by atoms with E-state index in [4.69, 9.17) is 26.4 Å². The number of aromatic nitrogens is 1. The number of aryl methyl sites for hydroxylation is 1. The minimum Gasteiger partial charge on any atom is -0.494 e. The lowest BCUT2D eigenvalue weighted by atomic mass is 10.0. The van der Waals surface area contributed by atoms with Crippen LogP contribution in [0.5, 0.6) is 5.75 Å². The minimum absolute atomic E-state index is 0.00614. The van der Waals surface area contributed by atoms with Gasteiger partial charge < -0.3 is 39.8 Å². The van der Waals surface area contributed by atoms with Gasteiger partial charge in [0.25, 0.3) is 5.91 Å². The average Bonchev–Trinajstić information content (AvgIpc) is 3.96. The van der Waals surface area contributed by atoms with E-state index in [-0.39, 0.29) is 56.0 Å². The number of β-amino-alcohol motifs (C(OH)–C–C–N with tert-alkyl or cyclic N) is 1. The summed E-state index contributed by atoms with van der Waals surface area (Å²) in [6.45, 7) is 6.38. The second-order valence-electron chi connectivity index (χ2n) is 16.1. The number of unbranched alkanes of at least 4 members (excludes halogenated alkanes) is 1. The molecular weight excluding hydrogens is 900 g/mol.